The minimum absolute atomic E-state index is 0.560. The van der Waals surface area contributed by atoms with Gasteiger partial charge in [-0.1, -0.05) is 60.8 Å². The third-order valence-corrected chi connectivity index (χ3v) is 5.97. The van der Waals surface area contributed by atoms with Crippen molar-refractivity contribution in [3.8, 4) is 0 Å². The molecule has 0 heterocycles. The third kappa shape index (κ3) is 2.10. The van der Waals surface area contributed by atoms with Crippen LogP contribution in [0.4, 0.5) is 0 Å². The second kappa shape index (κ2) is 4.11. The van der Waals surface area contributed by atoms with Gasteiger partial charge in [-0.2, -0.15) is 0 Å². The molecule has 0 aromatic carbocycles. The summed E-state index contributed by atoms with van der Waals surface area (Å²) >= 11 is 0. The summed E-state index contributed by atoms with van der Waals surface area (Å²) in [6.45, 7) is 14.7. The predicted octanol–water partition coefficient (Wildman–Crippen LogP) is 5.42. The summed E-state index contributed by atoms with van der Waals surface area (Å²) in [4.78, 5) is 0. The van der Waals surface area contributed by atoms with Gasteiger partial charge in [-0.3, -0.25) is 0 Å². The minimum Gasteiger partial charge on any atom is -0.0649 e. The standard InChI is InChI=1S/C15H30/c1-7-13(4)10-11-14(5,8-2)15(6,9-3)12-13/h7-12H2,1-6H3. The lowest BCUT2D eigenvalue weighted by molar-refractivity contribution is -0.0533. The molecule has 0 radical (unpaired) electrons. The molecule has 1 rings (SSSR count). The van der Waals surface area contributed by atoms with Crippen LogP contribution in [-0.2, 0) is 0 Å². The van der Waals surface area contributed by atoms with E-state index < -0.39 is 0 Å². The fourth-order valence-corrected chi connectivity index (χ4v) is 3.58. The van der Waals surface area contributed by atoms with Crippen LogP contribution in [0, 0.1) is 16.2 Å². The third-order valence-electron chi connectivity index (χ3n) is 5.97. The van der Waals surface area contributed by atoms with Gasteiger partial charge in [0.25, 0.3) is 0 Å². The fraction of sp³-hybridized carbons (Fsp3) is 1.00. The van der Waals surface area contributed by atoms with Gasteiger partial charge in [0.1, 0.15) is 0 Å². The van der Waals surface area contributed by atoms with Crippen LogP contribution in [0.5, 0.6) is 0 Å². The quantitative estimate of drug-likeness (QED) is 0.583. The number of rotatable bonds is 3. The summed E-state index contributed by atoms with van der Waals surface area (Å²) in [5.41, 5.74) is 1.75. The van der Waals surface area contributed by atoms with E-state index in [4.69, 9.17) is 0 Å². The zero-order valence-electron chi connectivity index (χ0n) is 11.7. The molecule has 0 aliphatic heterocycles. The molecule has 0 aromatic rings. The molecular weight excluding hydrogens is 180 g/mol. The van der Waals surface area contributed by atoms with E-state index in [1.54, 1.807) is 0 Å². The lowest BCUT2D eigenvalue weighted by atomic mass is 9.49. The van der Waals surface area contributed by atoms with E-state index in [1.165, 1.54) is 38.5 Å². The highest BCUT2D eigenvalue weighted by atomic mass is 14.5. The molecular formula is C15H30. The van der Waals surface area contributed by atoms with E-state index in [9.17, 15) is 0 Å². The Balaban J connectivity index is 2.94. The van der Waals surface area contributed by atoms with E-state index in [0.29, 0.717) is 16.2 Å². The Labute approximate surface area is 96.8 Å². The number of hydrogen-bond acceptors (Lipinski definition) is 0. The summed E-state index contributed by atoms with van der Waals surface area (Å²) in [6.07, 6.45) is 8.32. The van der Waals surface area contributed by atoms with Crippen LogP contribution in [0.25, 0.3) is 0 Å². The molecule has 90 valence electrons. The van der Waals surface area contributed by atoms with Gasteiger partial charge in [-0.25, -0.2) is 0 Å². The Morgan fingerprint density at radius 2 is 1.27 bits per heavy atom. The van der Waals surface area contributed by atoms with Crippen LogP contribution in [0.15, 0.2) is 0 Å². The van der Waals surface area contributed by atoms with Crippen molar-refractivity contribution in [3.63, 3.8) is 0 Å². The van der Waals surface area contributed by atoms with E-state index in [1.807, 2.05) is 0 Å². The molecule has 0 saturated heterocycles. The summed E-state index contributed by atoms with van der Waals surface area (Å²) in [6, 6.07) is 0. The van der Waals surface area contributed by atoms with Crippen molar-refractivity contribution in [2.24, 2.45) is 16.2 Å². The summed E-state index contributed by atoms with van der Waals surface area (Å²) in [5, 5.41) is 0. The molecule has 3 unspecified atom stereocenters. The topological polar surface area (TPSA) is 0 Å². The highest BCUT2D eigenvalue weighted by Gasteiger charge is 2.49. The van der Waals surface area contributed by atoms with Crippen molar-refractivity contribution in [1.29, 1.82) is 0 Å². The van der Waals surface area contributed by atoms with E-state index in [0.717, 1.165) is 0 Å². The smallest absolute Gasteiger partial charge is 0.0269 e. The molecule has 0 spiro atoms. The van der Waals surface area contributed by atoms with E-state index in [-0.39, 0.29) is 0 Å². The average Bonchev–Trinajstić information content (AvgIpc) is 2.24. The molecule has 0 heteroatoms. The first kappa shape index (κ1) is 13.1. The second-order valence-electron chi connectivity index (χ2n) is 6.67. The van der Waals surface area contributed by atoms with Gasteiger partial charge in [-0.05, 0) is 35.5 Å². The lowest BCUT2D eigenvalue weighted by Gasteiger charge is -2.56. The van der Waals surface area contributed by atoms with Crippen molar-refractivity contribution >= 4 is 0 Å². The fourth-order valence-electron chi connectivity index (χ4n) is 3.58. The van der Waals surface area contributed by atoms with Gasteiger partial charge in [0.05, 0.1) is 0 Å². The Kier molecular flexibility index (Phi) is 3.58. The Morgan fingerprint density at radius 3 is 1.67 bits per heavy atom. The van der Waals surface area contributed by atoms with E-state index in [2.05, 4.69) is 41.5 Å². The van der Waals surface area contributed by atoms with Gasteiger partial charge in [0.2, 0.25) is 0 Å². The maximum absolute atomic E-state index is 2.53. The van der Waals surface area contributed by atoms with Gasteiger partial charge >= 0.3 is 0 Å². The molecule has 15 heavy (non-hydrogen) atoms. The van der Waals surface area contributed by atoms with Crippen LogP contribution >= 0.6 is 0 Å². The highest BCUT2D eigenvalue weighted by molar-refractivity contribution is 4.99. The molecule has 1 saturated carbocycles. The zero-order chi connectivity index (χ0) is 11.7. The summed E-state index contributed by atoms with van der Waals surface area (Å²) in [5.74, 6) is 0. The van der Waals surface area contributed by atoms with Crippen LogP contribution in [0.2, 0.25) is 0 Å². The van der Waals surface area contributed by atoms with Crippen molar-refractivity contribution < 1.29 is 0 Å². The van der Waals surface area contributed by atoms with Gasteiger partial charge in [0, 0.05) is 0 Å². The SMILES string of the molecule is CCC1(C)CCC(C)(CC)C(C)(CC)C1. The van der Waals surface area contributed by atoms with Crippen LogP contribution in [-0.4, -0.2) is 0 Å². The molecule has 3 atom stereocenters. The molecule has 1 aliphatic carbocycles. The van der Waals surface area contributed by atoms with Gasteiger partial charge in [0.15, 0.2) is 0 Å². The first-order valence-corrected chi connectivity index (χ1v) is 6.85. The summed E-state index contributed by atoms with van der Waals surface area (Å²) in [7, 11) is 0. The Hall–Kier alpha value is 0. The van der Waals surface area contributed by atoms with Gasteiger partial charge in [-0.15, -0.1) is 0 Å². The Bertz CT molecular complexity index is 220. The van der Waals surface area contributed by atoms with Crippen molar-refractivity contribution in [2.75, 3.05) is 0 Å². The molecule has 0 N–H and O–H groups in total. The van der Waals surface area contributed by atoms with Crippen LogP contribution in [0.1, 0.15) is 80.1 Å². The number of hydrogen-bond donors (Lipinski definition) is 0. The molecule has 0 bridgehead atoms. The summed E-state index contributed by atoms with van der Waals surface area (Å²) < 4.78 is 0. The normalized spacial score (nSPS) is 46.8. The predicted molar refractivity (Wildman–Crippen MR) is 69.0 cm³/mol. The average molecular weight is 210 g/mol. The monoisotopic (exact) mass is 210 g/mol. The Morgan fingerprint density at radius 1 is 0.733 bits per heavy atom. The maximum Gasteiger partial charge on any atom is -0.0269 e. The highest BCUT2D eigenvalue weighted by Crippen LogP contribution is 2.60. The minimum atomic E-state index is 0.560. The van der Waals surface area contributed by atoms with Crippen molar-refractivity contribution in [3.05, 3.63) is 0 Å². The molecule has 1 fully saturated rings. The van der Waals surface area contributed by atoms with Gasteiger partial charge < -0.3 is 0 Å². The van der Waals surface area contributed by atoms with Crippen LogP contribution < -0.4 is 0 Å². The first-order valence-electron chi connectivity index (χ1n) is 6.85. The largest absolute Gasteiger partial charge is 0.0649 e. The van der Waals surface area contributed by atoms with Crippen molar-refractivity contribution in [2.45, 2.75) is 80.1 Å². The molecule has 0 aromatic heterocycles. The molecule has 1 aliphatic rings. The molecule has 0 nitrogen and oxygen atoms in total. The van der Waals surface area contributed by atoms with E-state index >= 15 is 0 Å². The van der Waals surface area contributed by atoms with Crippen molar-refractivity contribution in [1.82, 2.24) is 0 Å². The second-order valence-corrected chi connectivity index (χ2v) is 6.67. The first-order chi connectivity index (χ1) is 6.85. The lowest BCUT2D eigenvalue weighted by Crippen LogP contribution is -2.45. The molecule has 0 amide bonds. The zero-order valence-corrected chi connectivity index (χ0v) is 11.7. The van der Waals surface area contributed by atoms with Crippen LogP contribution in [0.3, 0.4) is 0 Å². The maximum atomic E-state index is 2.53.